The predicted octanol–water partition coefficient (Wildman–Crippen LogP) is 1.24. The molecule has 2 aliphatic rings. The molecule has 36 heavy (non-hydrogen) atoms. The Bertz CT molecular complexity index is 1120. The van der Waals surface area contributed by atoms with Gasteiger partial charge in [0.05, 0.1) is 5.75 Å². The summed E-state index contributed by atoms with van der Waals surface area (Å²) in [6.45, 7) is 8.66. The first kappa shape index (κ1) is 29.2. The van der Waals surface area contributed by atoms with Crippen molar-refractivity contribution in [2.75, 3.05) is 16.1 Å². The number of aliphatic hydroxyl groups excluding tert-OH is 2. The first-order chi connectivity index (χ1) is 16.7. The summed E-state index contributed by atoms with van der Waals surface area (Å²) in [4.78, 5) is 25.4. The highest BCUT2D eigenvalue weighted by Gasteiger charge is 2.50. The van der Waals surface area contributed by atoms with E-state index in [9.17, 15) is 33.0 Å². The lowest BCUT2D eigenvalue weighted by atomic mass is 10.1. The maximum absolute atomic E-state index is 12.7. The van der Waals surface area contributed by atoms with Gasteiger partial charge in [-0.1, -0.05) is 20.3 Å². The first-order valence-electron chi connectivity index (χ1n) is 11.6. The molecule has 1 saturated carbocycles. The number of rotatable bonds is 10. The van der Waals surface area contributed by atoms with Crippen LogP contribution >= 0.6 is 19.2 Å². The molecule has 3 unspecified atom stereocenters. The molecule has 1 saturated heterocycles. The van der Waals surface area contributed by atoms with Gasteiger partial charge in [0, 0.05) is 18.3 Å². The number of hydrazone groups is 1. The zero-order valence-corrected chi connectivity index (χ0v) is 22.7. The highest BCUT2D eigenvalue weighted by Crippen LogP contribution is 2.46. The highest BCUT2D eigenvalue weighted by molar-refractivity contribution is 7.98. The van der Waals surface area contributed by atoms with E-state index in [2.05, 4.69) is 34.0 Å². The molecule has 204 valence electrons. The minimum atomic E-state index is -4.98. The minimum absolute atomic E-state index is 0.114. The molecule has 2 heterocycles. The van der Waals surface area contributed by atoms with E-state index in [4.69, 9.17) is 16.3 Å². The summed E-state index contributed by atoms with van der Waals surface area (Å²) in [6, 6.07) is 0.179. The summed E-state index contributed by atoms with van der Waals surface area (Å²) < 4.78 is 42.7. The molecular weight excluding hydrogens is 537 g/mol. The van der Waals surface area contributed by atoms with E-state index in [1.807, 2.05) is 0 Å². The van der Waals surface area contributed by atoms with Crippen molar-refractivity contribution in [3.63, 3.8) is 0 Å². The number of anilines is 2. The molecule has 0 bridgehead atoms. The average Bonchev–Trinajstić information content (AvgIpc) is 3.28. The lowest BCUT2D eigenvalue weighted by Crippen LogP contribution is -2.42. The Hall–Kier alpha value is -1.38. The molecule has 16 heteroatoms. The molecule has 7 atom stereocenters. The molecule has 5 N–H and O–H groups in total. The van der Waals surface area contributed by atoms with Crippen molar-refractivity contribution < 1.29 is 37.7 Å². The van der Waals surface area contributed by atoms with Crippen LogP contribution in [0.2, 0.25) is 5.28 Å². The van der Waals surface area contributed by atoms with Gasteiger partial charge in [-0.25, -0.2) is 18.4 Å². The zero-order chi connectivity index (χ0) is 27.0. The van der Waals surface area contributed by atoms with Gasteiger partial charge >= 0.3 is 7.60 Å². The van der Waals surface area contributed by atoms with Crippen LogP contribution in [0.25, 0.3) is 0 Å². The quantitative estimate of drug-likeness (QED) is 0.117. The summed E-state index contributed by atoms with van der Waals surface area (Å²) in [6.07, 6.45) is -3.46. The fourth-order valence-electron chi connectivity index (χ4n) is 4.76. The van der Waals surface area contributed by atoms with Gasteiger partial charge in [0.25, 0.3) is 0 Å². The number of halogens is 1. The van der Waals surface area contributed by atoms with Crippen LogP contribution in [0, 0.1) is 12.8 Å². The van der Waals surface area contributed by atoms with E-state index in [1.165, 1.54) is 6.92 Å². The number of aromatic nitrogens is 2. The Morgan fingerprint density at radius 3 is 2.50 bits per heavy atom. The lowest BCUT2D eigenvalue weighted by Gasteiger charge is -2.28. The molecule has 1 aromatic rings. The van der Waals surface area contributed by atoms with E-state index in [0.717, 1.165) is 24.3 Å². The number of hydrogen-bond acceptors (Lipinski definition) is 11. The van der Waals surface area contributed by atoms with Gasteiger partial charge in [0.2, 0.25) is 5.28 Å². The van der Waals surface area contributed by atoms with Gasteiger partial charge in [0.1, 0.15) is 24.1 Å². The highest BCUT2D eigenvalue weighted by atomic mass is 35.5. The second kappa shape index (κ2) is 11.2. The molecule has 0 amide bonds. The monoisotopic (exact) mass is 569 g/mol. The lowest BCUT2D eigenvalue weighted by molar-refractivity contribution is 0.0153. The molecule has 0 spiro atoms. The third-order valence-corrected chi connectivity index (χ3v) is 11.8. The van der Waals surface area contributed by atoms with E-state index in [-0.39, 0.29) is 23.6 Å². The van der Waals surface area contributed by atoms with Gasteiger partial charge < -0.3 is 30.1 Å². The molecular formula is C20H33ClN5O8PS. The standard InChI is InChI=1S/C20H33ClN5O8PS/c1-5-14(35(29,30)31)36(32,33)9-13-15(27)16(28)19(34-13)26(22-4)18-11(3)17(24-20(21)25-18)23-12-8-6-7-10(12)2/h10,12-16,19,27-28H,4-9H2,1-3H3,(H,23,24,25)(H2,29,30,31)/t10?,12?,13-,14?,15-,16-,19-/m1/s1. The van der Waals surface area contributed by atoms with E-state index >= 15 is 0 Å². The molecule has 3 rings (SSSR count). The second-order valence-electron chi connectivity index (χ2n) is 9.26. The Morgan fingerprint density at radius 2 is 1.97 bits per heavy atom. The summed E-state index contributed by atoms with van der Waals surface area (Å²) in [5.41, 5.74) is 0.514. The molecule has 1 aromatic heterocycles. The van der Waals surface area contributed by atoms with Crippen LogP contribution in [0.5, 0.6) is 0 Å². The van der Waals surface area contributed by atoms with Gasteiger partial charge in [0.15, 0.2) is 26.9 Å². The van der Waals surface area contributed by atoms with E-state index in [0.29, 0.717) is 17.3 Å². The molecule has 0 aromatic carbocycles. The fraction of sp³-hybridized carbons (Fsp3) is 0.750. The van der Waals surface area contributed by atoms with Crippen LogP contribution in [0.15, 0.2) is 5.10 Å². The third kappa shape index (κ3) is 6.02. The number of sulfone groups is 1. The Balaban J connectivity index is 1.88. The molecule has 1 aliphatic heterocycles. The molecule has 2 fully saturated rings. The number of ether oxygens (including phenoxy) is 1. The summed E-state index contributed by atoms with van der Waals surface area (Å²) in [7, 11) is -9.39. The van der Waals surface area contributed by atoms with E-state index < -0.39 is 52.7 Å². The Kier molecular flexibility index (Phi) is 9.05. The van der Waals surface area contributed by atoms with Gasteiger partial charge in [-0.05, 0) is 43.7 Å². The maximum atomic E-state index is 12.7. The first-order valence-corrected chi connectivity index (χ1v) is 15.3. The molecule has 0 radical (unpaired) electrons. The van der Waals surface area contributed by atoms with Crippen molar-refractivity contribution in [2.45, 2.75) is 82.0 Å². The number of nitrogens with one attached hydrogen (secondary N) is 1. The van der Waals surface area contributed by atoms with Gasteiger partial charge in [-0.3, -0.25) is 4.57 Å². The topological polar surface area (TPSA) is 195 Å². The maximum Gasteiger partial charge on any atom is 0.343 e. The van der Waals surface area contributed by atoms with Crippen LogP contribution in [-0.4, -0.2) is 86.4 Å². The van der Waals surface area contributed by atoms with Crippen LogP contribution in [0.1, 0.15) is 45.1 Å². The summed E-state index contributed by atoms with van der Waals surface area (Å²) >= 11 is 6.17. The van der Waals surface area contributed by atoms with E-state index in [1.54, 1.807) is 6.92 Å². The van der Waals surface area contributed by atoms with Crippen LogP contribution in [0.3, 0.4) is 0 Å². The second-order valence-corrected chi connectivity index (χ2v) is 14.0. The third-order valence-electron chi connectivity index (χ3n) is 6.76. The van der Waals surface area contributed by atoms with Crippen molar-refractivity contribution in [1.82, 2.24) is 9.97 Å². The smallest absolute Gasteiger partial charge is 0.343 e. The van der Waals surface area contributed by atoms with Crippen LogP contribution < -0.4 is 10.3 Å². The normalized spacial score (nSPS) is 29.8. The Morgan fingerprint density at radius 1 is 1.31 bits per heavy atom. The molecule has 13 nitrogen and oxygen atoms in total. The minimum Gasteiger partial charge on any atom is -0.387 e. The van der Waals surface area contributed by atoms with Crippen molar-refractivity contribution in [3.8, 4) is 0 Å². The largest absolute Gasteiger partial charge is 0.387 e. The summed E-state index contributed by atoms with van der Waals surface area (Å²) in [5, 5.41) is 29.4. The van der Waals surface area contributed by atoms with Crippen LogP contribution in [-0.2, 0) is 19.1 Å². The average molecular weight is 570 g/mol. The van der Waals surface area contributed by atoms with Crippen molar-refractivity contribution in [3.05, 3.63) is 10.8 Å². The van der Waals surface area contributed by atoms with Gasteiger partial charge in [-0.15, -0.1) is 0 Å². The number of nitrogens with zero attached hydrogens (tertiary/aromatic N) is 4. The van der Waals surface area contributed by atoms with Crippen molar-refractivity contribution in [2.24, 2.45) is 11.0 Å². The van der Waals surface area contributed by atoms with Crippen molar-refractivity contribution >= 4 is 47.4 Å². The number of hydrogen-bond donors (Lipinski definition) is 5. The molecule has 1 aliphatic carbocycles. The fourth-order valence-corrected chi connectivity index (χ4v) is 8.79. The van der Waals surface area contributed by atoms with Crippen LogP contribution in [0.4, 0.5) is 11.6 Å². The predicted molar refractivity (Wildman–Crippen MR) is 135 cm³/mol. The van der Waals surface area contributed by atoms with Gasteiger partial charge in [-0.2, -0.15) is 10.1 Å². The van der Waals surface area contributed by atoms with Crippen molar-refractivity contribution in [1.29, 1.82) is 0 Å². The summed E-state index contributed by atoms with van der Waals surface area (Å²) in [5.74, 6) is 0.0800. The SMILES string of the molecule is C=NN(c1nc(Cl)nc(NC2CCCC2C)c1C)[C@@H]1O[C@H](CS(=O)(=O)C(CC)P(=O)(O)O)[C@@H](O)[C@H]1O. The zero-order valence-electron chi connectivity index (χ0n) is 20.2. The number of aliphatic hydroxyl groups is 2. The Labute approximate surface area is 215 Å².